The van der Waals surface area contributed by atoms with Gasteiger partial charge in [-0.05, 0) is 141 Å². The molecule has 0 aromatic carbocycles. The quantitative estimate of drug-likeness (QED) is 0.0261. The lowest BCUT2D eigenvalue weighted by atomic mass is 10.0. The minimum Gasteiger partial charge on any atom is -0.462 e. The first-order chi connectivity index (χ1) is 39.0. The number of hydrogen-bond donors (Lipinski definition) is 0. The van der Waals surface area contributed by atoms with Crippen molar-refractivity contribution in [3.8, 4) is 0 Å². The van der Waals surface area contributed by atoms with Crippen molar-refractivity contribution in [2.24, 2.45) is 0 Å². The van der Waals surface area contributed by atoms with Crippen LogP contribution in [0.25, 0.3) is 0 Å². The van der Waals surface area contributed by atoms with E-state index in [4.69, 9.17) is 14.2 Å². The van der Waals surface area contributed by atoms with Crippen molar-refractivity contribution in [2.75, 3.05) is 13.2 Å². The standard InChI is InChI=1S/C73H118O6/c1-4-7-10-13-16-19-22-25-28-30-32-34-36-38-40-42-45-48-51-54-57-60-63-66-72(75)78-69-70(68-77-71(74)65-62-59-56-53-50-47-44-27-24-21-18-15-12-9-6-3)79-73(76)67-64-61-58-55-52-49-46-43-41-39-37-35-33-31-29-26-23-20-17-14-11-8-5-2/h7-8,10-11,16-21,25-29,32-35,38,40,44-45,48,70H,4-6,9,12-15,22-24,30-31,36-37,39,41-43,46-47,49-69H2,1-3H3/b10-7-,11-8-,19-16-,20-17-,21-18-,28-25-,29-26-,34-32-,35-33-,40-38-,44-27-,48-45-. The maximum Gasteiger partial charge on any atom is 0.306 e. The van der Waals surface area contributed by atoms with Crippen LogP contribution < -0.4 is 0 Å². The molecule has 0 heterocycles. The van der Waals surface area contributed by atoms with Crippen molar-refractivity contribution in [1.82, 2.24) is 0 Å². The average molecular weight is 1090 g/mol. The molecule has 0 aliphatic rings. The fraction of sp³-hybridized carbons (Fsp3) is 0.630. The Hall–Kier alpha value is -4.71. The number of esters is 3. The summed E-state index contributed by atoms with van der Waals surface area (Å²) in [5.41, 5.74) is 0. The van der Waals surface area contributed by atoms with Crippen molar-refractivity contribution < 1.29 is 28.6 Å². The number of allylic oxidation sites excluding steroid dienone is 24. The summed E-state index contributed by atoms with van der Waals surface area (Å²) >= 11 is 0. The predicted molar refractivity (Wildman–Crippen MR) is 343 cm³/mol. The van der Waals surface area contributed by atoms with Gasteiger partial charge in [-0.3, -0.25) is 14.4 Å². The fourth-order valence-corrected chi connectivity index (χ4v) is 8.53. The molecule has 1 atom stereocenters. The molecule has 0 radical (unpaired) electrons. The number of ether oxygens (including phenoxy) is 3. The van der Waals surface area contributed by atoms with E-state index in [0.29, 0.717) is 19.3 Å². The van der Waals surface area contributed by atoms with Crippen LogP contribution in [-0.4, -0.2) is 37.2 Å². The molecule has 0 saturated heterocycles. The zero-order chi connectivity index (χ0) is 57.1. The van der Waals surface area contributed by atoms with Gasteiger partial charge in [0.2, 0.25) is 0 Å². The van der Waals surface area contributed by atoms with Crippen LogP contribution in [0.2, 0.25) is 0 Å². The Morgan fingerprint density at radius 1 is 0.266 bits per heavy atom. The molecule has 446 valence electrons. The molecule has 0 spiro atoms. The first kappa shape index (κ1) is 74.3. The Morgan fingerprint density at radius 3 is 0.772 bits per heavy atom. The zero-order valence-electron chi connectivity index (χ0n) is 51.1. The zero-order valence-corrected chi connectivity index (χ0v) is 51.1. The van der Waals surface area contributed by atoms with Crippen molar-refractivity contribution in [3.63, 3.8) is 0 Å². The van der Waals surface area contributed by atoms with Gasteiger partial charge in [-0.25, -0.2) is 0 Å². The highest BCUT2D eigenvalue weighted by molar-refractivity contribution is 5.71. The van der Waals surface area contributed by atoms with E-state index in [1.807, 2.05) is 0 Å². The third-order valence-electron chi connectivity index (χ3n) is 13.3. The summed E-state index contributed by atoms with van der Waals surface area (Å²) in [6.45, 7) is 6.36. The highest BCUT2D eigenvalue weighted by Crippen LogP contribution is 2.15. The summed E-state index contributed by atoms with van der Waals surface area (Å²) in [4.78, 5) is 38.4. The molecule has 0 aliphatic carbocycles. The number of hydrogen-bond acceptors (Lipinski definition) is 6. The Labute approximate surface area is 487 Å². The molecule has 0 bridgehead atoms. The van der Waals surface area contributed by atoms with Crippen molar-refractivity contribution in [1.29, 1.82) is 0 Å². The lowest BCUT2D eigenvalue weighted by molar-refractivity contribution is -0.167. The van der Waals surface area contributed by atoms with Gasteiger partial charge in [0, 0.05) is 19.3 Å². The number of carbonyl (C=O) groups is 3. The predicted octanol–water partition coefficient (Wildman–Crippen LogP) is 22.3. The van der Waals surface area contributed by atoms with Crippen molar-refractivity contribution >= 4 is 17.9 Å². The Morgan fingerprint density at radius 2 is 0.494 bits per heavy atom. The maximum atomic E-state index is 12.9. The second-order valence-corrected chi connectivity index (χ2v) is 20.9. The van der Waals surface area contributed by atoms with Gasteiger partial charge in [0.1, 0.15) is 13.2 Å². The highest BCUT2D eigenvalue weighted by Gasteiger charge is 2.19. The van der Waals surface area contributed by atoms with E-state index < -0.39 is 6.10 Å². The third kappa shape index (κ3) is 64.0. The second-order valence-electron chi connectivity index (χ2n) is 20.9. The average Bonchev–Trinajstić information content (AvgIpc) is 3.45. The smallest absolute Gasteiger partial charge is 0.306 e. The fourth-order valence-electron chi connectivity index (χ4n) is 8.53. The van der Waals surface area contributed by atoms with Crippen LogP contribution in [0.4, 0.5) is 0 Å². The van der Waals surface area contributed by atoms with Gasteiger partial charge < -0.3 is 14.2 Å². The first-order valence-corrected chi connectivity index (χ1v) is 32.3. The monoisotopic (exact) mass is 1090 g/mol. The van der Waals surface area contributed by atoms with Crippen molar-refractivity contribution in [2.45, 2.75) is 284 Å². The summed E-state index contributed by atoms with van der Waals surface area (Å²) in [5, 5.41) is 0. The summed E-state index contributed by atoms with van der Waals surface area (Å²) in [6, 6.07) is 0. The van der Waals surface area contributed by atoms with E-state index in [2.05, 4.69) is 167 Å². The lowest BCUT2D eigenvalue weighted by Gasteiger charge is -2.18. The maximum absolute atomic E-state index is 12.9. The minimum atomic E-state index is -0.805. The van der Waals surface area contributed by atoms with Gasteiger partial charge in [0.15, 0.2) is 6.10 Å². The summed E-state index contributed by atoms with van der Waals surface area (Å²) in [5.74, 6) is -0.941. The lowest BCUT2D eigenvalue weighted by Crippen LogP contribution is -2.30. The van der Waals surface area contributed by atoms with Crippen molar-refractivity contribution in [3.05, 3.63) is 146 Å². The molecule has 0 rings (SSSR count). The Kier molecular flexibility index (Phi) is 61.9. The molecule has 0 aromatic heterocycles. The molecular formula is C73H118O6. The topological polar surface area (TPSA) is 78.9 Å². The van der Waals surface area contributed by atoms with Crippen LogP contribution in [0.3, 0.4) is 0 Å². The van der Waals surface area contributed by atoms with E-state index in [0.717, 1.165) is 161 Å². The van der Waals surface area contributed by atoms with Crippen LogP contribution in [0.15, 0.2) is 146 Å². The minimum absolute atomic E-state index is 0.100. The molecule has 0 aliphatic heterocycles. The molecule has 0 N–H and O–H groups in total. The van der Waals surface area contributed by atoms with Gasteiger partial charge in [0.05, 0.1) is 0 Å². The van der Waals surface area contributed by atoms with Crippen LogP contribution in [0.1, 0.15) is 278 Å². The van der Waals surface area contributed by atoms with Gasteiger partial charge in [-0.2, -0.15) is 0 Å². The molecule has 6 heteroatoms. The van der Waals surface area contributed by atoms with E-state index >= 15 is 0 Å². The van der Waals surface area contributed by atoms with Crippen LogP contribution in [-0.2, 0) is 28.6 Å². The van der Waals surface area contributed by atoms with E-state index in [-0.39, 0.29) is 31.1 Å². The molecular weight excluding hydrogens is 973 g/mol. The van der Waals surface area contributed by atoms with E-state index in [1.165, 1.54) is 77.0 Å². The number of unbranched alkanes of at least 4 members (excludes halogenated alkanes) is 22. The van der Waals surface area contributed by atoms with Gasteiger partial charge in [0.25, 0.3) is 0 Å². The number of carbonyl (C=O) groups excluding carboxylic acids is 3. The van der Waals surface area contributed by atoms with Crippen LogP contribution in [0, 0.1) is 0 Å². The van der Waals surface area contributed by atoms with E-state index in [9.17, 15) is 14.4 Å². The van der Waals surface area contributed by atoms with Gasteiger partial charge in [-0.15, -0.1) is 0 Å². The van der Waals surface area contributed by atoms with Crippen LogP contribution >= 0.6 is 0 Å². The van der Waals surface area contributed by atoms with Gasteiger partial charge in [-0.1, -0.05) is 263 Å². The normalized spacial score (nSPS) is 13.1. The largest absolute Gasteiger partial charge is 0.462 e. The van der Waals surface area contributed by atoms with E-state index in [1.54, 1.807) is 0 Å². The Balaban J connectivity index is 4.46. The summed E-state index contributed by atoms with van der Waals surface area (Å²) < 4.78 is 16.9. The highest BCUT2D eigenvalue weighted by atomic mass is 16.6. The second kappa shape index (κ2) is 65.8. The molecule has 0 fully saturated rings. The molecule has 1 unspecified atom stereocenters. The molecule has 6 nitrogen and oxygen atoms in total. The Bertz CT molecular complexity index is 1730. The molecule has 79 heavy (non-hydrogen) atoms. The SMILES string of the molecule is CC/C=C\C/C=C\C/C=C\C/C=C\C/C=C\C/C=C\CCCCCCC(=O)OCC(COC(=O)CCCCCCC/C=C\C/C=C\CCCCC)OC(=O)CCCCCCCCCCCC/C=C\C/C=C\C/C=C\C/C=C\CC. The third-order valence-corrected chi connectivity index (χ3v) is 13.3. The first-order valence-electron chi connectivity index (χ1n) is 32.3. The summed E-state index contributed by atoms with van der Waals surface area (Å²) in [6.07, 6.45) is 94.1. The number of rotatable bonds is 57. The molecule has 0 aromatic rings. The molecule has 0 saturated carbocycles. The van der Waals surface area contributed by atoms with Crippen LogP contribution in [0.5, 0.6) is 0 Å². The molecule has 0 amide bonds. The van der Waals surface area contributed by atoms with Gasteiger partial charge >= 0.3 is 17.9 Å². The summed E-state index contributed by atoms with van der Waals surface area (Å²) in [7, 11) is 0.